The van der Waals surface area contributed by atoms with Gasteiger partial charge in [0, 0.05) is 26.0 Å². The van der Waals surface area contributed by atoms with Crippen molar-refractivity contribution in [3.63, 3.8) is 0 Å². The van der Waals surface area contributed by atoms with Crippen LogP contribution in [-0.2, 0) is 22.6 Å². The Hall–Kier alpha value is -1.19. The zero-order chi connectivity index (χ0) is 17.9. The van der Waals surface area contributed by atoms with E-state index in [1.807, 2.05) is 0 Å². The average Bonchev–Trinajstić information content (AvgIpc) is 2.66. The number of hydrogen-bond acceptors (Lipinski definition) is 3. The van der Waals surface area contributed by atoms with Gasteiger partial charge in [0.05, 0.1) is 6.61 Å². The molecule has 0 bridgehead atoms. The summed E-state index contributed by atoms with van der Waals surface area (Å²) in [6, 6.07) is 8.71. The highest BCUT2D eigenvalue weighted by atomic mass is 16.5. The topological polar surface area (TPSA) is 29.5 Å². The van der Waals surface area contributed by atoms with E-state index in [4.69, 9.17) is 4.74 Å². The maximum atomic E-state index is 12.3. The van der Waals surface area contributed by atoms with Gasteiger partial charge in [0.1, 0.15) is 5.78 Å². The number of carbonyl (C=O) groups is 1. The van der Waals surface area contributed by atoms with E-state index >= 15 is 0 Å². The highest BCUT2D eigenvalue weighted by Gasteiger charge is 2.20. The summed E-state index contributed by atoms with van der Waals surface area (Å²) in [5.74, 6) is 0.888. The molecule has 0 radical (unpaired) electrons. The molecule has 1 saturated carbocycles. The lowest BCUT2D eigenvalue weighted by atomic mass is 9.85. The van der Waals surface area contributed by atoms with Gasteiger partial charge in [0.15, 0.2) is 0 Å². The van der Waals surface area contributed by atoms with Gasteiger partial charge in [-0.2, -0.15) is 0 Å². The van der Waals surface area contributed by atoms with Crippen LogP contribution in [-0.4, -0.2) is 37.4 Å². The fraction of sp³-hybridized carbons (Fsp3) is 0.682. The van der Waals surface area contributed by atoms with E-state index in [0.717, 1.165) is 51.7 Å². The molecule has 0 saturated heterocycles. The molecule has 1 aliphatic carbocycles. The van der Waals surface area contributed by atoms with Gasteiger partial charge >= 0.3 is 0 Å². The van der Waals surface area contributed by atoms with Crippen LogP contribution in [0.25, 0.3) is 0 Å². The maximum absolute atomic E-state index is 12.3. The standard InChI is InChI=1S/C22H35NO2/c1-3-23(16-7-10-22(24)21-8-5-4-6-9-21)17-15-19-11-13-20(14-12-19)18-25-2/h11-14,21H,3-10,15-18H2,1-2H3. The normalized spacial score (nSPS) is 15.6. The number of hydrogen-bond donors (Lipinski definition) is 0. The summed E-state index contributed by atoms with van der Waals surface area (Å²) < 4.78 is 5.15. The Balaban J connectivity index is 1.66. The number of methoxy groups -OCH3 is 1. The Bertz CT molecular complexity index is 491. The van der Waals surface area contributed by atoms with Gasteiger partial charge in [0.25, 0.3) is 0 Å². The molecule has 0 spiro atoms. The largest absolute Gasteiger partial charge is 0.380 e. The van der Waals surface area contributed by atoms with E-state index in [9.17, 15) is 4.79 Å². The quantitative estimate of drug-likeness (QED) is 0.586. The van der Waals surface area contributed by atoms with E-state index in [-0.39, 0.29) is 0 Å². The van der Waals surface area contributed by atoms with Crippen molar-refractivity contribution >= 4 is 5.78 Å². The molecule has 0 amide bonds. The first kappa shape index (κ1) is 20.1. The molecule has 1 aromatic carbocycles. The number of benzene rings is 1. The molecule has 25 heavy (non-hydrogen) atoms. The van der Waals surface area contributed by atoms with Gasteiger partial charge < -0.3 is 9.64 Å². The molecular formula is C22H35NO2. The summed E-state index contributed by atoms with van der Waals surface area (Å²) in [6.45, 7) is 6.05. The van der Waals surface area contributed by atoms with Crippen LogP contribution in [0, 0.1) is 5.92 Å². The third kappa shape index (κ3) is 7.29. The van der Waals surface area contributed by atoms with Crippen molar-refractivity contribution in [3.05, 3.63) is 35.4 Å². The maximum Gasteiger partial charge on any atom is 0.136 e. The van der Waals surface area contributed by atoms with Gasteiger partial charge in [-0.1, -0.05) is 50.5 Å². The fourth-order valence-corrected chi connectivity index (χ4v) is 3.79. The number of nitrogens with zero attached hydrogens (tertiary/aromatic N) is 1. The zero-order valence-corrected chi connectivity index (χ0v) is 16.1. The van der Waals surface area contributed by atoms with Crippen LogP contribution < -0.4 is 0 Å². The van der Waals surface area contributed by atoms with Gasteiger partial charge in [-0.3, -0.25) is 4.79 Å². The van der Waals surface area contributed by atoms with E-state index < -0.39 is 0 Å². The summed E-state index contributed by atoms with van der Waals surface area (Å²) in [7, 11) is 1.73. The molecule has 1 fully saturated rings. The summed E-state index contributed by atoms with van der Waals surface area (Å²) in [4.78, 5) is 14.8. The summed E-state index contributed by atoms with van der Waals surface area (Å²) in [5, 5.41) is 0. The van der Waals surface area contributed by atoms with Gasteiger partial charge in [-0.05, 0) is 49.9 Å². The third-order valence-electron chi connectivity index (χ3n) is 5.46. The smallest absolute Gasteiger partial charge is 0.136 e. The summed E-state index contributed by atoms with van der Waals surface area (Å²) in [6.07, 6.45) is 8.94. The first-order valence-corrected chi connectivity index (χ1v) is 10.0. The van der Waals surface area contributed by atoms with Crippen LogP contribution in [0.3, 0.4) is 0 Å². The molecule has 1 aliphatic rings. The van der Waals surface area contributed by atoms with E-state index in [0.29, 0.717) is 18.3 Å². The third-order valence-corrected chi connectivity index (χ3v) is 5.46. The first-order chi connectivity index (χ1) is 12.2. The van der Waals surface area contributed by atoms with Crippen LogP contribution in [0.1, 0.15) is 63.0 Å². The number of likely N-dealkylation sites (N-methyl/N-ethyl adjacent to an activating group) is 1. The second kappa shape index (κ2) is 11.4. The van der Waals surface area contributed by atoms with Crippen LogP contribution >= 0.6 is 0 Å². The molecule has 3 heteroatoms. The summed E-state index contributed by atoms with van der Waals surface area (Å²) >= 11 is 0. The molecule has 1 aromatic rings. The molecule has 0 unspecified atom stereocenters. The first-order valence-electron chi connectivity index (χ1n) is 10.0. The van der Waals surface area contributed by atoms with Crippen LogP contribution in [0.4, 0.5) is 0 Å². The fourth-order valence-electron chi connectivity index (χ4n) is 3.79. The molecule has 0 aliphatic heterocycles. The number of rotatable bonds is 11. The second-order valence-corrected chi connectivity index (χ2v) is 7.34. The van der Waals surface area contributed by atoms with Crippen molar-refractivity contribution in [2.45, 2.75) is 64.9 Å². The number of carbonyl (C=O) groups excluding carboxylic acids is 1. The van der Waals surface area contributed by atoms with Crippen LogP contribution in [0.5, 0.6) is 0 Å². The minimum absolute atomic E-state index is 0.370. The minimum atomic E-state index is 0.370. The van der Waals surface area contributed by atoms with E-state index in [1.165, 1.54) is 30.4 Å². The van der Waals surface area contributed by atoms with Crippen LogP contribution in [0.2, 0.25) is 0 Å². The molecule has 3 nitrogen and oxygen atoms in total. The van der Waals surface area contributed by atoms with Gasteiger partial charge in [0.2, 0.25) is 0 Å². The zero-order valence-electron chi connectivity index (χ0n) is 16.1. The van der Waals surface area contributed by atoms with Gasteiger partial charge in [-0.15, -0.1) is 0 Å². The molecule has 140 valence electrons. The highest BCUT2D eigenvalue weighted by Crippen LogP contribution is 2.25. The van der Waals surface area contributed by atoms with Crippen molar-refractivity contribution in [3.8, 4) is 0 Å². The van der Waals surface area contributed by atoms with E-state index in [2.05, 4.69) is 36.1 Å². The van der Waals surface area contributed by atoms with Crippen molar-refractivity contribution in [1.82, 2.24) is 4.90 Å². The Morgan fingerprint density at radius 1 is 1.08 bits per heavy atom. The van der Waals surface area contributed by atoms with E-state index in [1.54, 1.807) is 7.11 Å². The molecule has 0 atom stereocenters. The SMILES string of the molecule is CCN(CCCC(=O)C1CCCCC1)CCc1ccc(COC)cc1. The number of ether oxygens (including phenoxy) is 1. The average molecular weight is 346 g/mol. The Labute approximate surface area is 153 Å². The van der Waals surface area contributed by atoms with Crippen LogP contribution in [0.15, 0.2) is 24.3 Å². The lowest BCUT2D eigenvalue weighted by molar-refractivity contribution is -0.123. The monoisotopic (exact) mass is 345 g/mol. The van der Waals surface area contributed by atoms with Crippen molar-refractivity contribution in [2.24, 2.45) is 5.92 Å². The Morgan fingerprint density at radius 2 is 1.76 bits per heavy atom. The van der Waals surface area contributed by atoms with Crippen molar-refractivity contribution in [1.29, 1.82) is 0 Å². The van der Waals surface area contributed by atoms with Crippen molar-refractivity contribution < 1.29 is 9.53 Å². The van der Waals surface area contributed by atoms with Crippen molar-refractivity contribution in [2.75, 3.05) is 26.7 Å². The molecule has 2 rings (SSSR count). The minimum Gasteiger partial charge on any atom is -0.380 e. The number of Topliss-reactive ketones (excluding diaryl/α,β-unsaturated/α-hetero) is 1. The molecule has 0 heterocycles. The van der Waals surface area contributed by atoms with Gasteiger partial charge in [-0.25, -0.2) is 0 Å². The molecular weight excluding hydrogens is 310 g/mol. The molecule has 0 aromatic heterocycles. The summed E-state index contributed by atoms with van der Waals surface area (Å²) in [5.41, 5.74) is 2.59. The Morgan fingerprint density at radius 3 is 2.40 bits per heavy atom. The second-order valence-electron chi connectivity index (χ2n) is 7.34. The highest BCUT2D eigenvalue weighted by molar-refractivity contribution is 5.81. The lowest BCUT2D eigenvalue weighted by Crippen LogP contribution is -2.28. The Kier molecular flexibility index (Phi) is 9.20. The lowest BCUT2D eigenvalue weighted by Gasteiger charge is -2.22. The predicted molar refractivity (Wildman–Crippen MR) is 104 cm³/mol. The number of ketones is 1. The predicted octanol–water partition coefficient (Wildman–Crippen LogP) is 4.63. The molecule has 0 N–H and O–H groups in total.